The fourth-order valence-electron chi connectivity index (χ4n) is 2.60. The zero-order valence-corrected chi connectivity index (χ0v) is 17.5. The zero-order chi connectivity index (χ0) is 20.3. The molecule has 4 nitrogen and oxygen atoms in total. The van der Waals surface area contributed by atoms with Crippen molar-refractivity contribution in [2.45, 2.75) is 91.0 Å². The van der Waals surface area contributed by atoms with E-state index in [1.54, 1.807) is 13.8 Å². The van der Waals surface area contributed by atoms with Gasteiger partial charge in [-0.3, -0.25) is 4.79 Å². The molecule has 0 rings (SSSR count). The molecule has 0 radical (unpaired) electrons. The molecule has 0 aromatic rings. The molecule has 4 heteroatoms. The summed E-state index contributed by atoms with van der Waals surface area (Å²) in [6, 6.07) is -0.796. The van der Waals surface area contributed by atoms with Gasteiger partial charge in [-0.05, 0) is 50.9 Å². The van der Waals surface area contributed by atoms with E-state index in [1.807, 2.05) is 0 Å². The predicted octanol–water partition coefficient (Wildman–Crippen LogP) is 5.80. The van der Waals surface area contributed by atoms with Gasteiger partial charge < -0.3 is 10.4 Å². The second kappa shape index (κ2) is 17.6. The summed E-state index contributed by atoms with van der Waals surface area (Å²) in [7, 11) is 0. The smallest absolute Gasteiger partial charge is 0.326 e. The maximum absolute atomic E-state index is 11.8. The van der Waals surface area contributed by atoms with Crippen LogP contribution in [0, 0.1) is 5.92 Å². The molecule has 2 N–H and O–H groups in total. The number of rotatable bonds is 16. The quantitative estimate of drug-likeness (QED) is 0.264. The first-order valence-corrected chi connectivity index (χ1v) is 10.5. The van der Waals surface area contributed by atoms with Crippen molar-refractivity contribution in [3.8, 4) is 0 Å². The summed E-state index contributed by atoms with van der Waals surface area (Å²) in [5.74, 6) is -1.26. The highest BCUT2D eigenvalue weighted by Crippen LogP contribution is 2.05. The Balaban J connectivity index is 3.65. The van der Waals surface area contributed by atoms with E-state index in [0.29, 0.717) is 6.42 Å². The number of carbonyl (C=O) groups excluding carboxylic acids is 1. The SMILES string of the molecule is CCCCC/C=C\C/C=C\C/C=C\CCCCC(=O)N[C@H](C(=O)O)C(C)C. The lowest BCUT2D eigenvalue weighted by atomic mass is 10.0. The van der Waals surface area contributed by atoms with E-state index in [0.717, 1.165) is 32.1 Å². The maximum Gasteiger partial charge on any atom is 0.326 e. The van der Waals surface area contributed by atoms with Crippen molar-refractivity contribution >= 4 is 11.9 Å². The van der Waals surface area contributed by atoms with Crippen molar-refractivity contribution in [1.82, 2.24) is 5.32 Å². The topological polar surface area (TPSA) is 66.4 Å². The number of carbonyl (C=O) groups is 2. The Kier molecular flexibility index (Phi) is 16.4. The summed E-state index contributed by atoms with van der Waals surface area (Å²) >= 11 is 0. The fourth-order valence-corrected chi connectivity index (χ4v) is 2.60. The molecule has 27 heavy (non-hydrogen) atoms. The lowest BCUT2D eigenvalue weighted by Crippen LogP contribution is -2.44. The van der Waals surface area contributed by atoms with Gasteiger partial charge in [0.2, 0.25) is 5.91 Å². The molecule has 0 heterocycles. The van der Waals surface area contributed by atoms with Gasteiger partial charge in [0.1, 0.15) is 6.04 Å². The van der Waals surface area contributed by atoms with Crippen LogP contribution in [0.15, 0.2) is 36.5 Å². The van der Waals surface area contributed by atoms with E-state index >= 15 is 0 Å². The number of nitrogens with one attached hydrogen (secondary N) is 1. The van der Waals surface area contributed by atoms with Gasteiger partial charge in [-0.1, -0.05) is 70.1 Å². The number of aliphatic carboxylic acids is 1. The number of amides is 1. The molecule has 154 valence electrons. The van der Waals surface area contributed by atoms with Gasteiger partial charge in [-0.15, -0.1) is 0 Å². The molecule has 0 saturated carbocycles. The van der Waals surface area contributed by atoms with Crippen molar-refractivity contribution in [2.24, 2.45) is 5.92 Å². The van der Waals surface area contributed by atoms with E-state index < -0.39 is 12.0 Å². The average molecular weight is 378 g/mol. The van der Waals surface area contributed by atoms with Crippen molar-refractivity contribution in [1.29, 1.82) is 0 Å². The predicted molar refractivity (Wildman–Crippen MR) is 114 cm³/mol. The number of allylic oxidation sites excluding steroid dienone is 6. The third-order valence-electron chi connectivity index (χ3n) is 4.29. The molecule has 0 bridgehead atoms. The van der Waals surface area contributed by atoms with E-state index in [2.05, 4.69) is 48.7 Å². The Hall–Kier alpha value is -1.84. The van der Waals surface area contributed by atoms with Crippen LogP contribution in [0.4, 0.5) is 0 Å². The van der Waals surface area contributed by atoms with Gasteiger partial charge in [-0.25, -0.2) is 4.79 Å². The van der Waals surface area contributed by atoms with Crippen LogP contribution in [-0.2, 0) is 9.59 Å². The summed E-state index contributed by atoms with van der Waals surface area (Å²) in [5.41, 5.74) is 0. The summed E-state index contributed by atoms with van der Waals surface area (Å²) < 4.78 is 0. The molecule has 0 aliphatic carbocycles. The molecular formula is C23H39NO3. The average Bonchev–Trinajstić information content (AvgIpc) is 2.62. The number of hydrogen-bond acceptors (Lipinski definition) is 2. The lowest BCUT2D eigenvalue weighted by molar-refractivity contribution is -0.143. The van der Waals surface area contributed by atoms with Gasteiger partial charge in [0.05, 0.1) is 0 Å². The van der Waals surface area contributed by atoms with Crippen molar-refractivity contribution in [3.63, 3.8) is 0 Å². The maximum atomic E-state index is 11.8. The van der Waals surface area contributed by atoms with Crippen LogP contribution in [0.2, 0.25) is 0 Å². The molecule has 0 aromatic heterocycles. The number of carboxylic acids is 1. The van der Waals surface area contributed by atoms with E-state index in [-0.39, 0.29) is 11.8 Å². The monoisotopic (exact) mass is 377 g/mol. The summed E-state index contributed by atoms with van der Waals surface area (Å²) in [5, 5.41) is 11.7. The Labute approximate surface area is 165 Å². The normalized spacial score (nSPS) is 13.2. The second-order valence-electron chi connectivity index (χ2n) is 7.25. The highest BCUT2D eigenvalue weighted by atomic mass is 16.4. The standard InChI is InChI=1S/C23H39NO3/c1-4-5-6-7-8-9-10-11-12-13-14-15-16-17-18-19-21(25)24-22(20(2)3)23(26)27/h8-9,11-12,14-15,20,22H,4-7,10,13,16-19H2,1-3H3,(H,24,25)(H,26,27)/b9-8-,12-11-,15-14-/t22-/m0/s1. The molecule has 0 unspecified atom stereocenters. The van der Waals surface area contributed by atoms with Crippen LogP contribution >= 0.6 is 0 Å². The number of carboxylic acid groups (broad SMARTS) is 1. The van der Waals surface area contributed by atoms with Crippen molar-refractivity contribution in [2.75, 3.05) is 0 Å². The Morgan fingerprint density at radius 2 is 1.37 bits per heavy atom. The van der Waals surface area contributed by atoms with Crippen molar-refractivity contribution < 1.29 is 14.7 Å². The van der Waals surface area contributed by atoms with Crippen molar-refractivity contribution in [3.05, 3.63) is 36.5 Å². The minimum Gasteiger partial charge on any atom is -0.480 e. The minimum absolute atomic E-state index is 0.112. The molecule has 1 amide bonds. The highest BCUT2D eigenvalue weighted by Gasteiger charge is 2.22. The number of unbranched alkanes of at least 4 members (excludes halogenated alkanes) is 5. The Morgan fingerprint density at radius 1 is 0.852 bits per heavy atom. The summed E-state index contributed by atoms with van der Waals surface area (Å²) in [6.45, 7) is 5.81. The van der Waals surface area contributed by atoms with Gasteiger partial charge >= 0.3 is 5.97 Å². The van der Waals surface area contributed by atoms with Gasteiger partial charge in [0.25, 0.3) is 0 Å². The largest absolute Gasteiger partial charge is 0.480 e. The third kappa shape index (κ3) is 16.1. The summed E-state index contributed by atoms with van der Waals surface area (Å²) in [6.07, 6.45) is 23.2. The third-order valence-corrected chi connectivity index (χ3v) is 4.29. The minimum atomic E-state index is -0.971. The fraction of sp³-hybridized carbons (Fsp3) is 0.652. The van der Waals surface area contributed by atoms with Crippen LogP contribution < -0.4 is 5.32 Å². The zero-order valence-electron chi connectivity index (χ0n) is 17.5. The van der Waals surface area contributed by atoms with E-state index in [4.69, 9.17) is 5.11 Å². The first kappa shape index (κ1) is 25.2. The highest BCUT2D eigenvalue weighted by molar-refractivity contribution is 5.83. The molecule has 0 aliphatic rings. The molecule has 0 spiro atoms. The van der Waals surface area contributed by atoms with Gasteiger partial charge in [-0.2, -0.15) is 0 Å². The lowest BCUT2D eigenvalue weighted by Gasteiger charge is -2.17. The first-order chi connectivity index (χ1) is 13.0. The second-order valence-corrected chi connectivity index (χ2v) is 7.25. The van der Waals surface area contributed by atoms with Gasteiger partial charge in [0.15, 0.2) is 0 Å². The van der Waals surface area contributed by atoms with Crippen LogP contribution in [-0.4, -0.2) is 23.0 Å². The molecule has 1 atom stereocenters. The van der Waals surface area contributed by atoms with E-state index in [1.165, 1.54) is 25.7 Å². The van der Waals surface area contributed by atoms with Crippen LogP contribution in [0.25, 0.3) is 0 Å². The Morgan fingerprint density at radius 3 is 1.85 bits per heavy atom. The molecular weight excluding hydrogens is 338 g/mol. The number of hydrogen-bond donors (Lipinski definition) is 2. The van der Waals surface area contributed by atoms with E-state index in [9.17, 15) is 9.59 Å². The van der Waals surface area contributed by atoms with Crippen LogP contribution in [0.5, 0.6) is 0 Å². The molecule has 0 fully saturated rings. The summed E-state index contributed by atoms with van der Waals surface area (Å²) in [4.78, 5) is 22.8. The van der Waals surface area contributed by atoms with Crippen LogP contribution in [0.3, 0.4) is 0 Å². The van der Waals surface area contributed by atoms with Crippen LogP contribution in [0.1, 0.15) is 85.0 Å². The first-order valence-electron chi connectivity index (χ1n) is 10.5. The van der Waals surface area contributed by atoms with Gasteiger partial charge in [0, 0.05) is 6.42 Å². The molecule has 0 aliphatic heterocycles. The Bertz CT molecular complexity index is 478. The molecule has 0 aromatic carbocycles. The molecule has 0 saturated heterocycles.